The molecule has 0 spiro atoms. The van der Waals surface area contributed by atoms with Crippen LogP contribution in [0.2, 0.25) is 0 Å². The number of aromatic amines is 1. The van der Waals surface area contributed by atoms with Crippen LogP contribution in [0.15, 0.2) is 12.3 Å². The fraction of sp³-hybridized carbons (Fsp3) is 0.615. The molecule has 7 heteroatoms. The Kier molecular flexibility index (Phi) is 4.39. The minimum Gasteiger partial charge on any atom is -0.481 e. The average molecular weight is 281 g/mol. The van der Waals surface area contributed by atoms with Crippen molar-refractivity contribution in [3.05, 3.63) is 18.0 Å². The summed E-state index contributed by atoms with van der Waals surface area (Å²) in [5, 5.41) is 15.9. The minimum absolute atomic E-state index is 0.203. The van der Waals surface area contributed by atoms with Crippen molar-refractivity contribution in [2.24, 2.45) is 5.41 Å². The Hall–Kier alpha value is -1.89. The minimum atomic E-state index is -0.913. The molecular weight excluding hydrogens is 262 g/mol. The van der Waals surface area contributed by atoms with E-state index in [0.717, 1.165) is 0 Å². The summed E-state index contributed by atoms with van der Waals surface area (Å²) in [4.78, 5) is 25.5. The van der Waals surface area contributed by atoms with Gasteiger partial charge in [0.25, 0.3) is 5.91 Å². The van der Waals surface area contributed by atoms with Gasteiger partial charge in [-0.15, -0.1) is 0 Å². The van der Waals surface area contributed by atoms with Gasteiger partial charge in [-0.2, -0.15) is 5.10 Å². The number of nitrogens with zero attached hydrogens (tertiary/aromatic N) is 2. The van der Waals surface area contributed by atoms with Gasteiger partial charge in [0.2, 0.25) is 0 Å². The van der Waals surface area contributed by atoms with E-state index in [1.807, 2.05) is 0 Å². The number of piperidine rings is 1. The number of hydrogen-bond donors (Lipinski definition) is 2. The third kappa shape index (κ3) is 2.82. The summed E-state index contributed by atoms with van der Waals surface area (Å²) in [6.45, 7) is 1.15. The number of nitrogens with one attached hydrogen (secondary N) is 1. The zero-order valence-electron chi connectivity index (χ0n) is 11.5. The zero-order valence-corrected chi connectivity index (χ0v) is 11.5. The van der Waals surface area contributed by atoms with Gasteiger partial charge in [-0.3, -0.25) is 14.7 Å². The van der Waals surface area contributed by atoms with Crippen LogP contribution >= 0.6 is 0 Å². The van der Waals surface area contributed by atoms with Crippen LogP contribution in [0.25, 0.3) is 0 Å². The molecule has 1 aromatic rings. The molecule has 0 bridgehead atoms. The van der Waals surface area contributed by atoms with E-state index < -0.39 is 11.4 Å². The molecule has 2 N–H and O–H groups in total. The van der Waals surface area contributed by atoms with E-state index in [1.54, 1.807) is 18.1 Å². The fourth-order valence-corrected chi connectivity index (χ4v) is 2.63. The van der Waals surface area contributed by atoms with Crippen molar-refractivity contribution >= 4 is 11.9 Å². The maximum Gasteiger partial charge on any atom is 0.311 e. The first-order chi connectivity index (χ1) is 9.59. The summed E-state index contributed by atoms with van der Waals surface area (Å²) < 4.78 is 5.00. The molecule has 0 radical (unpaired) electrons. The van der Waals surface area contributed by atoms with Gasteiger partial charge in [0.1, 0.15) is 5.69 Å². The Morgan fingerprint density at radius 3 is 3.00 bits per heavy atom. The van der Waals surface area contributed by atoms with Crippen LogP contribution in [0.5, 0.6) is 0 Å². The molecular formula is C13H19N3O4. The first kappa shape index (κ1) is 14.5. The number of hydrogen-bond acceptors (Lipinski definition) is 4. The molecule has 0 unspecified atom stereocenters. The van der Waals surface area contributed by atoms with Crippen molar-refractivity contribution in [1.82, 2.24) is 15.1 Å². The third-order valence-corrected chi connectivity index (χ3v) is 3.83. The van der Waals surface area contributed by atoms with Crippen LogP contribution in [0.4, 0.5) is 0 Å². The van der Waals surface area contributed by atoms with Gasteiger partial charge < -0.3 is 14.7 Å². The second kappa shape index (κ2) is 6.04. The van der Waals surface area contributed by atoms with Crippen LogP contribution in [-0.4, -0.2) is 58.9 Å². The van der Waals surface area contributed by atoms with Gasteiger partial charge in [-0.25, -0.2) is 0 Å². The lowest BCUT2D eigenvalue weighted by molar-refractivity contribution is -0.153. The molecule has 7 nitrogen and oxygen atoms in total. The SMILES string of the molecule is COCC[C@]1(C(=O)O)CCCN(C(=O)c2ccn[nH]2)C1. The molecule has 1 saturated heterocycles. The zero-order chi connectivity index (χ0) is 14.6. The number of amides is 1. The second-order valence-corrected chi connectivity index (χ2v) is 5.13. The van der Waals surface area contributed by atoms with Crippen molar-refractivity contribution in [1.29, 1.82) is 0 Å². The highest BCUT2D eigenvalue weighted by Crippen LogP contribution is 2.34. The van der Waals surface area contributed by atoms with E-state index in [2.05, 4.69) is 10.2 Å². The fourth-order valence-electron chi connectivity index (χ4n) is 2.63. The van der Waals surface area contributed by atoms with Crippen LogP contribution in [0.1, 0.15) is 29.8 Å². The number of carbonyl (C=O) groups excluding carboxylic acids is 1. The summed E-state index contributed by atoms with van der Waals surface area (Å²) >= 11 is 0. The smallest absolute Gasteiger partial charge is 0.311 e. The maximum absolute atomic E-state index is 12.3. The molecule has 0 aromatic carbocycles. The largest absolute Gasteiger partial charge is 0.481 e. The van der Waals surface area contributed by atoms with E-state index in [9.17, 15) is 14.7 Å². The van der Waals surface area contributed by atoms with E-state index in [0.29, 0.717) is 38.1 Å². The number of H-pyrrole nitrogens is 1. The molecule has 110 valence electrons. The summed E-state index contributed by atoms with van der Waals surface area (Å²) in [6, 6.07) is 1.59. The Labute approximate surface area is 116 Å². The number of ether oxygens (including phenoxy) is 1. The van der Waals surface area contributed by atoms with Crippen LogP contribution in [-0.2, 0) is 9.53 Å². The Bertz CT molecular complexity index is 474. The molecule has 1 amide bonds. The number of likely N-dealkylation sites (tertiary alicyclic amines) is 1. The molecule has 0 aliphatic carbocycles. The normalized spacial score (nSPS) is 22.8. The lowest BCUT2D eigenvalue weighted by atomic mass is 9.77. The highest BCUT2D eigenvalue weighted by molar-refractivity contribution is 5.92. The Balaban J connectivity index is 2.13. The van der Waals surface area contributed by atoms with Crippen LogP contribution in [0, 0.1) is 5.41 Å². The van der Waals surface area contributed by atoms with Gasteiger partial charge in [0.15, 0.2) is 0 Å². The van der Waals surface area contributed by atoms with Crippen molar-refractivity contribution < 1.29 is 19.4 Å². The topological polar surface area (TPSA) is 95.5 Å². The lowest BCUT2D eigenvalue weighted by Crippen LogP contribution is -2.50. The van der Waals surface area contributed by atoms with Crippen molar-refractivity contribution in [2.45, 2.75) is 19.3 Å². The predicted molar refractivity (Wildman–Crippen MR) is 70.3 cm³/mol. The molecule has 0 saturated carbocycles. The highest BCUT2D eigenvalue weighted by atomic mass is 16.5. The quantitative estimate of drug-likeness (QED) is 0.830. The van der Waals surface area contributed by atoms with Crippen molar-refractivity contribution in [3.63, 3.8) is 0 Å². The van der Waals surface area contributed by atoms with Gasteiger partial charge in [-0.05, 0) is 25.3 Å². The number of aromatic nitrogens is 2. The van der Waals surface area contributed by atoms with Gasteiger partial charge in [0.05, 0.1) is 5.41 Å². The molecule has 1 aliphatic heterocycles. The second-order valence-electron chi connectivity index (χ2n) is 5.13. The standard InChI is InChI=1S/C13H19N3O4/c1-20-8-5-13(12(18)19)4-2-7-16(9-13)11(17)10-3-6-14-15-10/h3,6H,2,4-5,7-9H2,1H3,(H,14,15)(H,18,19)/t13-/m1/s1. The van der Waals surface area contributed by atoms with Crippen molar-refractivity contribution in [3.8, 4) is 0 Å². The maximum atomic E-state index is 12.3. The van der Waals surface area contributed by atoms with Crippen LogP contribution < -0.4 is 0 Å². The molecule has 20 heavy (non-hydrogen) atoms. The number of rotatable bonds is 5. The Morgan fingerprint density at radius 1 is 1.60 bits per heavy atom. The predicted octanol–water partition coefficient (Wildman–Crippen LogP) is 0.753. The number of carboxylic acid groups (broad SMARTS) is 1. The average Bonchev–Trinajstić information content (AvgIpc) is 2.98. The van der Waals surface area contributed by atoms with Crippen molar-refractivity contribution in [2.75, 3.05) is 26.8 Å². The summed E-state index contributed by atoms with van der Waals surface area (Å²) in [6.07, 6.45) is 3.16. The lowest BCUT2D eigenvalue weighted by Gasteiger charge is -2.39. The van der Waals surface area contributed by atoms with E-state index >= 15 is 0 Å². The number of aliphatic carboxylic acids is 1. The summed E-state index contributed by atoms with van der Waals surface area (Å²) in [5.74, 6) is -1.07. The monoisotopic (exact) mass is 281 g/mol. The van der Waals surface area contributed by atoms with Crippen LogP contribution in [0.3, 0.4) is 0 Å². The molecule has 1 aromatic heterocycles. The van der Waals surface area contributed by atoms with Gasteiger partial charge >= 0.3 is 5.97 Å². The molecule has 1 aliphatic rings. The number of carbonyl (C=O) groups is 2. The molecule has 2 rings (SSSR count). The first-order valence-electron chi connectivity index (χ1n) is 6.60. The van der Waals surface area contributed by atoms with Gasteiger partial charge in [-0.1, -0.05) is 0 Å². The van der Waals surface area contributed by atoms with E-state index in [-0.39, 0.29) is 12.5 Å². The highest BCUT2D eigenvalue weighted by Gasteiger charge is 2.43. The summed E-state index contributed by atoms with van der Waals surface area (Å²) in [7, 11) is 1.55. The molecule has 1 atom stereocenters. The van der Waals surface area contributed by atoms with E-state index in [1.165, 1.54) is 6.20 Å². The number of methoxy groups -OCH3 is 1. The number of carboxylic acids is 1. The molecule has 1 fully saturated rings. The summed E-state index contributed by atoms with van der Waals surface area (Å²) in [5.41, 5.74) is -0.526. The van der Waals surface area contributed by atoms with Gasteiger partial charge in [0, 0.05) is 33.0 Å². The third-order valence-electron chi connectivity index (χ3n) is 3.83. The van der Waals surface area contributed by atoms with E-state index in [4.69, 9.17) is 4.74 Å². The first-order valence-corrected chi connectivity index (χ1v) is 6.60. The Morgan fingerprint density at radius 2 is 2.40 bits per heavy atom. The molecule has 2 heterocycles.